The third kappa shape index (κ3) is 2.66. The molecule has 0 bridgehead atoms. The van der Waals surface area contributed by atoms with Gasteiger partial charge in [-0.2, -0.15) is 0 Å². The van der Waals surface area contributed by atoms with Gasteiger partial charge in [-0.25, -0.2) is 4.79 Å². The zero-order chi connectivity index (χ0) is 13.2. The largest absolute Gasteiger partial charge is 0.478 e. The molecule has 1 saturated carbocycles. The van der Waals surface area contributed by atoms with Crippen LogP contribution >= 0.6 is 0 Å². The summed E-state index contributed by atoms with van der Waals surface area (Å²) in [6.07, 6.45) is 6.75. The number of hydrogen-bond acceptors (Lipinski definition) is 2. The van der Waals surface area contributed by atoms with E-state index in [2.05, 4.69) is 4.90 Å². The van der Waals surface area contributed by atoms with Crippen molar-refractivity contribution in [3.05, 3.63) is 35.4 Å². The van der Waals surface area contributed by atoms with E-state index in [1.54, 1.807) is 6.07 Å². The molecule has 0 radical (unpaired) electrons. The zero-order valence-electron chi connectivity index (χ0n) is 11.2. The number of benzene rings is 1. The van der Waals surface area contributed by atoms with Gasteiger partial charge in [0.1, 0.15) is 0 Å². The molecule has 1 N–H and O–H groups in total. The molecule has 2 unspecified atom stereocenters. The Labute approximate surface area is 114 Å². The summed E-state index contributed by atoms with van der Waals surface area (Å²) in [5.41, 5.74) is 1.53. The summed E-state index contributed by atoms with van der Waals surface area (Å²) >= 11 is 0. The average molecular weight is 259 g/mol. The van der Waals surface area contributed by atoms with E-state index in [0.717, 1.165) is 24.1 Å². The molecule has 1 heterocycles. The van der Waals surface area contributed by atoms with Gasteiger partial charge in [0.05, 0.1) is 5.56 Å². The molecule has 1 aromatic rings. The minimum Gasteiger partial charge on any atom is -0.478 e. The second-order valence-electron chi connectivity index (χ2n) is 5.88. The van der Waals surface area contributed by atoms with E-state index in [4.69, 9.17) is 5.11 Å². The van der Waals surface area contributed by atoms with Gasteiger partial charge >= 0.3 is 5.97 Å². The topological polar surface area (TPSA) is 40.5 Å². The highest BCUT2D eigenvalue weighted by Crippen LogP contribution is 2.37. The van der Waals surface area contributed by atoms with Gasteiger partial charge in [-0.1, -0.05) is 18.6 Å². The van der Waals surface area contributed by atoms with E-state index in [9.17, 15) is 4.79 Å². The molecule has 3 rings (SSSR count). The van der Waals surface area contributed by atoms with Crippen LogP contribution in [0.5, 0.6) is 0 Å². The summed E-state index contributed by atoms with van der Waals surface area (Å²) in [4.78, 5) is 13.6. The Morgan fingerprint density at radius 3 is 2.95 bits per heavy atom. The molecule has 2 atom stereocenters. The monoisotopic (exact) mass is 259 g/mol. The minimum absolute atomic E-state index is 0.400. The van der Waals surface area contributed by atoms with Gasteiger partial charge in [0.2, 0.25) is 0 Å². The molecule has 1 aliphatic heterocycles. The highest BCUT2D eigenvalue weighted by molar-refractivity contribution is 5.87. The maximum Gasteiger partial charge on any atom is 0.335 e. The fourth-order valence-electron chi connectivity index (χ4n) is 3.79. The van der Waals surface area contributed by atoms with Gasteiger partial charge in [0, 0.05) is 12.6 Å². The first-order chi connectivity index (χ1) is 9.24. The van der Waals surface area contributed by atoms with Crippen molar-refractivity contribution >= 4 is 5.97 Å². The Morgan fingerprint density at radius 1 is 1.26 bits per heavy atom. The van der Waals surface area contributed by atoms with Crippen molar-refractivity contribution in [3.8, 4) is 0 Å². The fourth-order valence-corrected chi connectivity index (χ4v) is 3.79. The quantitative estimate of drug-likeness (QED) is 0.906. The highest BCUT2D eigenvalue weighted by Gasteiger charge is 2.34. The normalized spacial score (nSPS) is 27.2. The third-order valence-corrected chi connectivity index (χ3v) is 4.67. The molecular weight excluding hydrogens is 238 g/mol. The summed E-state index contributed by atoms with van der Waals surface area (Å²) in [7, 11) is 0. The van der Waals surface area contributed by atoms with Crippen molar-refractivity contribution in [1.82, 2.24) is 4.90 Å². The third-order valence-electron chi connectivity index (χ3n) is 4.67. The number of likely N-dealkylation sites (tertiary alicyclic amines) is 1. The molecule has 1 aromatic carbocycles. The number of hydrogen-bond donors (Lipinski definition) is 1. The summed E-state index contributed by atoms with van der Waals surface area (Å²) < 4.78 is 0. The molecule has 2 fully saturated rings. The standard InChI is InChI=1S/C16H21NO2/c18-16(19)14-6-1-4-12(10-14)11-17-9-3-7-13-5-2-8-15(13)17/h1,4,6,10,13,15H,2-3,5,7-9,11H2,(H,18,19). The summed E-state index contributed by atoms with van der Waals surface area (Å²) in [6.45, 7) is 2.07. The maximum atomic E-state index is 11.0. The maximum absolute atomic E-state index is 11.0. The fraction of sp³-hybridized carbons (Fsp3) is 0.562. The lowest BCUT2D eigenvalue weighted by molar-refractivity contribution is 0.0696. The van der Waals surface area contributed by atoms with Gasteiger partial charge in [0.25, 0.3) is 0 Å². The van der Waals surface area contributed by atoms with Crippen LogP contribution < -0.4 is 0 Å². The Hall–Kier alpha value is -1.35. The molecule has 3 nitrogen and oxygen atoms in total. The number of piperidine rings is 1. The number of aromatic carboxylic acids is 1. The van der Waals surface area contributed by atoms with Crippen LogP contribution in [0.3, 0.4) is 0 Å². The smallest absolute Gasteiger partial charge is 0.335 e. The summed E-state index contributed by atoms with van der Waals surface area (Å²) in [6, 6.07) is 8.13. The molecular formula is C16H21NO2. The second-order valence-corrected chi connectivity index (χ2v) is 5.88. The van der Waals surface area contributed by atoms with Crippen LogP contribution in [0.4, 0.5) is 0 Å². The number of nitrogens with zero attached hydrogens (tertiary/aromatic N) is 1. The number of carboxylic acid groups (broad SMARTS) is 1. The van der Waals surface area contributed by atoms with E-state index < -0.39 is 5.97 Å². The van der Waals surface area contributed by atoms with Gasteiger partial charge in [0.15, 0.2) is 0 Å². The van der Waals surface area contributed by atoms with Crippen LogP contribution in [-0.2, 0) is 6.54 Å². The lowest BCUT2D eigenvalue weighted by Crippen LogP contribution is -2.41. The van der Waals surface area contributed by atoms with Crippen molar-refractivity contribution in [2.75, 3.05) is 6.54 Å². The van der Waals surface area contributed by atoms with Crippen molar-refractivity contribution in [1.29, 1.82) is 0 Å². The van der Waals surface area contributed by atoms with E-state index in [-0.39, 0.29) is 0 Å². The lowest BCUT2D eigenvalue weighted by Gasteiger charge is -2.37. The van der Waals surface area contributed by atoms with Crippen LogP contribution in [-0.4, -0.2) is 28.6 Å². The molecule has 102 valence electrons. The second kappa shape index (κ2) is 5.33. The number of rotatable bonds is 3. The van der Waals surface area contributed by atoms with Crippen LogP contribution in [0.25, 0.3) is 0 Å². The van der Waals surface area contributed by atoms with Gasteiger partial charge in [-0.05, 0) is 55.8 Å². The molecule has 0 aromatic heterocycles. The van der Waals surface area contributed by atoms with E-state index in [1.165, 1.54) is 38.6 Å². The SMILES string of the molecule is O=C(O)c1cccc(CN2CCCC3CCCC32)c1. The van der Waals surface area contributed by atoms with E-state index >= 15 is 0 Å². The van der Waals surface area contributed by atoms with Crippen molar-refractivity contribution in [2.45, 2.75) is 44.7 Å². The average Bonchev–Trinajstić information content (AvgIpc) is 2.88. The van der Waals surface area contributed by atoms with E-state index in [0.29, 0.717) is 5.56 Å². The Morgan fingerprint density at radius 2 is 2.11 bits per heavy atom. The molecule has 1 aliphatic carbocycles. The molecule has 19 heavy (non-hydrogen) atoms. The molecule has 1 saturated heterocycles. The van der Waals surface area contributed by atoms with Crippen molar-refractivity contribution < 1.29 is 9.90 Å². The predicted molar refractivity (Wildman–Crippen MR) is 74.2 cm³/mol. The Bertz CT molecular complexity index is 472. The van der Waals surface area contributed by atoms with Gasteiger partial charge in [-0.3, -0.25) is 4.90 Å². The van der Waals surface area contributed by atoms with Crippen LogP contribution in [0.15, 0.2) is 24.3 Å². The first-order valence-electron chi connectivity index (χ1n) is 7.30. The minimum atomic E-state index is -0.834. The number of fused-ring (bicyclic) bond motifs is 1. The van der Waals surface area contributed by atoms with Crippen molar-refractivity contribution in [3.63, 3.8) is 0 Å². The Balaban J connectivity index is 1.73. The first-order valence-corrected chi connectivity index (χ1v) is 7.30. The van der Waals surface area contributed by atoms with Crippen LogP contribution in [0.1, 0.15) is 48.0 Å². The van der Waals surface area contributed by atoms with Gasteiger partial charge < -0.3 is 5.11 Å². The highest BCUT2D eigenvalue weighted by atomic mass is 16.4. The van der Waals surface area contributed by atoms with Crippen LogP contribution in [0, 0.1) is 5.92 Å². The summed E-state index contributed by atoms with van der Waals surface area (Å²) in [5, 5.41) is 9.05. The molecule has 0 amide bonds. The lowest BCUT2D eigenvalue weighted by atomic mass is 9.91. The zero-order valence-corrected chi connectivity index (χ0v) is 11.2. The van der Waals surface area contributed by atoms with E-state index in [1.807, 2.05) is 18.2 Å². The van der Waals surface area contributed by atoms with Gasteiger partial charge in [-0.15, -0.1) is 0 Å². The molecule has 3 heteroatoms. The first kappa shape index (κ1) is 12.7. The number of carbonyl (C=O) groups is 1. The van der Waals surface area contributed by atoms with Crippen LogP contribution in [0.2, 0.25) is 0 Å². The summed E-state index contributed by atoms with van der Waals surface area (Å²) in [5.74, 6) is 0.0515. The predicted octanol–water partition coefficient (Wildman–Crippen LogP) is 3.15. The Kier molecular flexibility index (Phi) is 3.56. The number of carboxylic acids is 1. The molecule has 2 aliphatic rings. The molecule has 0 spiro atoms. The van der Waals surface area contributed by atoms with Crippen molar-refractivity contribution in [2.24, 2.45) is 5.92 Å².